The number of benzene rings is 2. The molecule has 0 aliphatic heterocycles. The lowest BCUT2D eigenvalue weighted by Gasteiger charge is -2.44. The topological polar surface area (TPSA) is 40.5 Å². The Kier molecular flexibility index (Phi) is 5.93. The van der Waals surface area contributed by atoms with Gasteiger partial charge in [-0.3, -0.25) is 0 Å². The van der Waals surface area contributed by atoms with E-state index in [1.165, 1.54) is 17.5 Å². The lowest BCUT2D eigenvalue weighted by molar-refractivity contribution is 0.210. The summed E-state index contributed by atoms with van der Waals surface area (Å²) < 4.78 is 0. The predicted octanol–water partition coefficient (Wildman–Crippen LogP) is 5.87. The van der Waals surface area contributed by atoms with Crippen molar-refractivity contribution in [3.8, 4) is 11.5 Å². The molecule has 1 saturated carbocycles. The van der Waals surface area contributed by atoms with Crippen molar-refractivity contribution in [3.05, 3.63) is 59.7 Å². The Morgan fingerprint density at radius 3 is 1.38 bits per heavy atom. The summed E-state index contributed by atoms with van der Waals surface area (Å²) in [7, 11) is 0. The molecule has 1 aliphatic carbocycles. The standard InChI is InChI=1S/C20H24O2.C2H6/c1-14-11-15(2)13-20(12-14,16-3-7-18(21)8-4-16)17-5-9-19(22)10-6-17;1-2/h3-10,14-15,21-22H,11-13H2,1-2H3;1-2H3. The lowest BCUT2D eigenvalue weighted by Crippen LogP contribution is -2.36. The highest BCUT2D eigenvalue weighted by Gasteiger charge is 2.40. The summed E-state index contributed by atoms with van der Waals surface area (Å²) in [6.45, 7) is 8.65. The van der Waals surface area contributed by atoms with Gasteiger partial charge >= 0.3 is 0 Å². The SMILES string of the molecule is CC.CC1CC(C)CC(c2ccc(O)cc2)(c2ccc(O)cc2)C1. The molecule has 0 aromatic heterocycles. The molecular weight excluding hydrogens is 296 g/mol. The third-order valence-electron chi connectivity index (χ3n) is 5.04. The average Bonchev–Trinajstić information content (AvgIpc) is 2.57. The van der Waals surface area contributed by atoms with Crippen molar-refractivity contribution in [2.24, 2.45) is 11.8 Å². The summed E-state index contributed by atoms with van der Waals surface area (Å²) in [5.41, 5.74) is 2.49. The molecule has 2 aromatic rings. The molecule has 0 amide bonds. The number of hydrogen-bond donors (Lipinski definition) is 2. The summed E-state index contributed by atoms with van der Waals surface area (Å²) in [6.07, 6.45) is 3.47. The van der Waals surface area contributed by atoms with Gasteiger partial charge in [-0.15, -0.1) is 0 Å². The van der Waals surface area contributed by atoms with Crippen LogP contribution in [0, 0.1) is 11.8 Å². The third-order valence-corrected chi connectivity index (χ3v) is 5.04. The first kappa shape index (κ1) is 18.4. The number of phenolic OH excluding ortho intramolecular Hbond substituents is 2. The van der Waals surface area contributed by atoms with Gasteiger partial charge in [-0.05, 0) is 66.5 Å². The van der Waals surface area contributed by atoms with Crippen molar-refractivity contribution in [3.63, 3.8) is 0 Å². The molecule has 2 aromatic carbocycles. The second-order valence-electron chi connectivity index (χ2n) is 7.03. The van der Waals surface area contributed by atoms with E-state index in [0.717, 1.165) is 12.8 Å². The molecule has 0 bridgehead atoms. The Bertz CT molecular complexity index is 571. The molecule has 2 nitrogen and oxygen atoms in total. The first-order valence-corrected chi connectivity index (χ1v) is 9.08. The fourth-order valence-corrected chi connectivity index (χ4v) is 4.33. The predicted molar refractivity (Wildman–Crippen MR) is 101 cm³/mol. The van der Waals surface area contributed by atoms with Crippen molar-refractivity contribution < 1.29 is 10.2 Å². The van der Waals surface area contributed by atoms with Crippen LogP contribution in [0.25, 0.3) is 0 Å². The molecule has 2 heteroatoms. The van der Waals surface area contributed by atoms with Crippen molar-refractivity contribution in [2.45, 2.75) is 52.4 Å². The normalized spacial score (nSPS) is 22.3. The quantitative estimate of drug-likeness (QED) is 0.725. The number of phenols is 2. The number of aromatic hydroxyl groups is 2. The maximum absolute atomic E-state index is 9.62. The molecule has 0 heterocycles. The molecule has 24 heavy (non-hydrogen) atoms. The Morgan fingerprint density at radius 2 is 1.04 bits per heavy atom. The van der Waals surface area contributed by atoms with Crippen LogP contribution in [0.5, 0.6) is 11.5 Å². The summed E-state index contributed by atoms with van der Waals surface area (Å²) in [5, 5.41) is 19.2. The van der Waals surface area contributed by atoms with Gasteiger partial charge in [0.25, 0.3) is 0 Å². The summed E-state index contributed by atoms with van der Waals surface area (Å²) in [6, 6.07) is 15.3. The van der Waals surface area contributed by atoms with Gasteiger partial charge in [0.1, 0.15) is 11.5 Å². The van der Waals surface area contributed by atoms with E-state index in [2.05, 4.69) is 13.8 Å². The molecule has 2 N–H and O–H groups in total. The van der Waals surface area contributed by atoms with E-state index in [4.69, 9.17) is 0 Å². The largest absolute Gasteiger partial charge is 0.508 e. The van der Waals surface area contributed by atoms with E-state index in [1.54, 1.807) is 24.3 Å². The van der Waals surface area contributed by atoms with Crippen LogP contribution in [-0.2, 0) is 5.41 Å². The molecule has 3 rings (SSSR count). The second-order valence-corrected chi connectivity index (χ2v) is 7.03. The minimum absolute atomic E-state index is 0.0293. The Balaban J connectivity index is 0.00000100. The molecule has 2 unspecified atom stereocenters. The van der Waals surface area contributed by atoms with Gasteiger partial charge in [-0.1, -0.05) is 52.0 Å². The fraction of sp³-hybridized carbons (Fsp3) is 0.455. The van der Waals surface area contributed by atoms with E-state index < -0.39 is 0 Å². The maximum Gasteiger partial charge on any atom is 0.115 e. The highest BCUT2D eigenvalue weighted by atomic mass is 16.3. The monoisotopic (exact) mass is 326 g/mol. The Morgan fingerprint density at radius 1 is 0.708 bits per heavy atom. The minimum atomic E-state index is -0.0293. The van der Waals surface area contributed by atoms with Gasteiger partial charge in [0.2, 0.25) is 0 Å². The van der Waals surface area contributed by atoms with E-state index in [1.807, 2.05) is 38.1 Å². The molecule has 130 valence electrons. The molecule has 1 aliphatic rings. The lowest BCUT2D eigenvalue weighted by atomic mass is 9.60. The van der Waals surface area contributed by atoms with Gasteiger partial charge in [0, 0.05) is 5.41 Å². The number of rotatable bonds is 2. The minimum Gasteiger partial charge on any atom is -0.508 e. The molecule has 0 saturated heterocycles. The molecule has 0 radical (unpaired) electrons. The van der Waals surface area contributed by atoms with Crippen LogP contribution >= 0.6 is 0 Å². The van der Waals surface area contributed by atoms with Gasteiger partial charge in [0.15, 0.2) is 0 Å². The van der Waals surface area contributed by atoms with Gasteiger partial charge in [-0.2, -0.15) is 0 Å². The molecule has 0 spiro atoms. The van der Waals surface area contributed by atoms with E-state index in [9.17, 15) is 10.2 Å². The van der Waals surface area contributed by atoms with Crippen LogP contribution < -0.4 is 0 Å². The smallest absolute Gasteiger partial charge is 0.115 e. The zero-order valence-electron chi connectivity index (χ0n) is 15.3. The van der Waals surface area contributed by atoms with Crippen LogP contribution in [0.15, 0.2) is 48.5 Å². The molecule has 1 fully saturated rings. The number of hydrogen-bond acceptors (Lipinski definition) is 2. The van der Waals surface area contributed by atoms with Crippen LogP contribution in [-0.4, -0.2) is 10.2 Å². The second kappa shape index (κ2) is 7.74. The summed E-state index contributed by atoms with van der Waals surface area (Å²) in [4.78, 5) is 0. The molecule has 2 atom stereocenters. The van der Waals surface area contributed by atoms with Crippen LogP contribution in [0.1, 0.15) is 58.1 Å². The highest BCUT2D eigenvalue weighted by molar-refractivity contribution is 5.43. The average molecular weight is 326 g/mol. The van der Waals surface area contributed by atoms with Crippen molar-refractivity contribution in [2.75, 3.05) is 0 Å². The zero-order chi connectivity index (χ0) is 17.7. The third kappa shape index (κ3) is 3.75. The summed E-state index contributed by atoms with van der Waals surface area (Å²) in [5.74, 6) is 1.93. The summed E-state index contributed by atoms with van der Waals surface area (Å²) >= 11 is 0. The highest BCUT2D eigenvalue weighted by Crippen LogP contribution is 2.49. The Labute approximate surface area is 146 Å². The van der Waals surface area contributed by atoms with E-state index in [0.29, 0.717) is 23.3 Å². The van der Waals surface area contributed by atoms with Gasteiger partial charge in [-0.25, -0.2) is 0 Å². The van der Waals surface area contributed by atoms with Crippen molar-refractivity contribution in [1.82, 2.24) is 0 Å². The van der Waals surface area contributed by atoms with Crippen LogP contribution in [0.3, 0.4) is 0 Å². The van der Waals surface area contributed by atoms with E-state index >= 15 is 0 Å². The van der Waals surface area contributed by atoms with Gasteiger partial charge in [0.05, 0.1) is 0 Å². The van der Waals surface area contributed by atoms with Crippen molar-refractivity contribution in [1.29, 1.82) is 0 Å². The maximum atomic E-state index is 9.62. The van der Waals surface area contributed by atoms with Crippen molar-refractivity contribution >= 4 is 0 Å². The fourth-order valence-electron chi connectivity index (χ4n) is 4.33. The van der Waals surface area contributed by atoms with Crippen LogP contribution in [0.4, 0.5) is 0 Å². The Hall–Kier alpha value is -1.96. The van der Waals surface area contributed by atoms with E-state index in [-0.39, 0.29) is 5.41 Å². The first-order valence-electron chi connectivity index (χ1n) is 9.08. The van der Waals surface area contributed by atoms with Gasteiger partial charge < -0.3 is 10.2 Å². The van der Waals surface area contributed by atoms with Crippen LogP contribution in [0.2, 0.25) is 0 Å². The zero-order valence-corrected chi connectivity index (χ0v) is 15.3. The molecular formula is C22H30O2. The first-order chi connectivity index (χ1) is 11.5.